The van der Waals surface area contributed by atoms with Crippen molar-refractivity contribution < 1.29 is 17.5 Å². The maximum absolute atomic E-state index is 14.7. The van der Waals surface area contributed by atoms with Gasteiger partial charge in [0.2, 0.25) is 16.0 Å². The lowest BCUT2D eigenvalue weighted by Gasteiger charge is -2.26. The van der Waals surface area contributed by atoms with Crippen LogP contribution < -0.4 is 5.32 Å². The highest BCUT2D eigenvalue weighted by molar-refractivity contribution is 7.89. The molecule has 0 radical (unpaired) electrons. The van der Waals surface area contributed by atoms with Crippen LogP contribution in [0.3, 0.4) is 0 Å². The Morgan fingerprint density at radius 1 is 1.12 bits per heavy atom. The zero-order valence-electron chi connectivity index (χ0n) is 18.1. The van der Waals surface area contributed by atoms with Crippen LogP contribution in [0.5, 0.6) is 0 Å². The Labute approximate surface area is 186 Å². The van der Waals surface area contributed by atoms with Crippen molar-refractivity contribution in [2.24, 2.45) is 0 Å². The minimum absolute atomic E-state index is 0.154. The van der Waals surface area contributed by atoms with Crippen molar-refractivity contribution in [3.05, 3.63) is 48.3 Å². The van der Waals surface area contributed by atoms with E-state index in [0.717, 1.165) is 29.2 Å². The standard InChI is InChI=1S/C21H25FN6O3S/c1-14-23-13-19(28(14)16-8-10-31-11-9-16)20-18(22)12-24-21(26-20)25-15-4-6-17(7-5-15)32(29,30)27(2)3/h4-7,12-13,16H,8-11H2,1-3H3,(H,24,25,26). The van der Waals surface area contributed by atoms with Gasteiger partial charge in [0.25, 0.3) is 0 Å². The molecule has 1 aromatic carbocycles. The van der Waals surface area contributed by atoms with E-state index in [2.05, 4.69) is 20.3 Å². The number of hydrogen-bond acceptors (Lipinski definition) is 7. The molecule has 11 heteroatoms. The molecule has 1 aliphatic heterocycles. The topological polar surface area (TPSA) is 102 Å². The highest BCUT2D eigenvalue weighted by Gasteiger charge is 2.24. The van der Waals surface area contributed by atoms with Crippen LogP contribution in [0.4, 0.5) is 16.0 Å². The number of rotatable bonds is 6. The molecule has 32 heavy (non-hydrogen) atoms. The predicted molar refractivity (Wildman–Crippen MR) is 118 cm³/mol. The van der Waals surface area contributed by atoms with Crippen LogP contribution in [0.25, 0.3) is 11.4 Å². The first-order chi connectivity index (χ1) is 15.3. The minimum atomic E-state index is -3.52. The number of aryl methyl sites for hydroxylation is 1. The summed E-state index contributed by atoms with van der Waals surface area (Å²) < 4.78 is 47.8. The molecule has 1 N–H and O–H groups in total. The lowest BCUT2D eigenvalue weighted by Crippen LogP contribution is -2.22. The second-order valence-corrected chi connectivity index (χ2v) is 9.88. The lowest BCUT2D eigenvalue weighted by atomic mass is 10.1. The van der Waals surface area contributed by atoms with Gasteiger partial charge in [-0.05, 0) is 44.0 Å². The van der Waals surface area contributed by atoms with E-state index in [-0.39, 0.29) is 22.6 Å². The van der Waals surface area contributed by atoms with Crippen LogP contribution in [-0.4, -0.2) is 59.6 Å². The molecule has 2 aromatic heterocycles. The van der Waals surface area contributed by atoms with E-state index in [1.807, 2.05) is 11.5 Å². The second kappa shape index (κ2) is 8.93. The third-order valence-corrected chi connectivity index (χ3v) is 7.24. The molecule has 0 atom stereocenters. The van der Waals surface area contributed by atoms with Gasteiger partial charge in [0, 0.05) is 39.0 Å². The summed E-state index contributed by atoms with van der Waals surface area (Å²) >= 11 is 0. The van der Waals surface area contributed by atoms with Gasteiger partial charge in [0.1, 0.15) is 11.5 Å². The molecule has 4 rings (SSSR count). The smallest absolute Gasteiger partial charge is 0.242 e. The summed E-state index contributed by atoms with van der Waals surface area (Å²) in [4.78, 5) is 13.0. The summed E-state index contributed by atoms with van der Waals surface area (Å²) in [5, 5.41) is 3.01. The van der Waals surface area contributed by atoms with Gasteiger partial charge in [-0.25, -0.2) is 32.1 Å². The highest BCUT2D eigenvalue weighted by Crippen LogP contribution is 2.31. The van der Waals surface area contributed by atoms with Gasteiger partial charge in [-0.15, -0.1) is 0 Å². The number of sulfonamides is 1. The zero-order chi connectivity index (χ0) is 22.9. The molecular formula is C21H25FN6O3S. The zero-order valence-corrected chi connectivity index (χ0v) is 18.9. The molecule has 0 unspecified atom stereocenters. The maximum Gasteiger partial charge on any atom is 0.242 e. The van der Waals surface area contributed by atoms with Crippen LogP contribution >= 0.6 is 0 Å². The summed E-state index contributed by atoms with van der Waals surface area (Å²) in [6.07, 6.45) is 4.39. The van der Waals surface area contributed by atoms with Gasteiger partial charge in [-0.3, -0.25) is 0 Å². The normalized spacial score (nSPS) is 15.3. The SMILES string of the molecule is Cc1ncc(-c2nc(Nc3ccc(S(=O)(=O)N(C)C)cc3)ncc2F)n1C1CCOCC1. The molecule has 0 amide bonds. The maximum atomic E-state index is 14.7. The Kier molecular flexibility index (Phi) is 6.22. The first-order valence-corrected chi connectivity index (χ1v) is 11.7. The summed E-state index contributed by atoms with van der Waals surface area (Å²) in [5.74, 6) is 0.440. The number of ether oxygens (including phenoxy) is 1. The number of imidazole rings is 1. The van der Waals surface area contributed by atoms with Gasteiger partial charge in [0.15, 0.2) is 5.82 Å². The van der Waals surface area contributed by atoms with Crippen molar-refractivity contribution in [2.45, 2.75) is 30.7 Å². The van der Waals surface area contributed by atoms with Crippen LogP contribution in [0.15, 0.2) is 41.6 Å². The molecule has 0 spiro atoms. The highest BCUT2D eigenvalue weighted by atomic mass is 32.2. The number of nitrogens with one attached hydrogen (secondary N) is 1. The third-order valence-electron chi connectivity index (χ3n) is 5.41. The van der Waals surface area contributed by atoms with E-state index in [1.165, 1.54) is 26.2 Å². The van der Waals surface area contributed by atoms with E-state index in [0.29, 0.717) is 24.6 Å². The van der Waals surface area contributed by atoms with Gasteiger partial charge >= 0.3 is 0 Å². The lowest BCUT2D eigenvalue weighted by molar-refractivity contribution is 0.0694. The fourth-order valence-corrected chi connectivity index (χ4v) is 4.59. The Balaban J connectivity index is 1.62. The van der Waals surface area contributed by atoms with Crippen molar-refractivity contribution in [3.63, 3.8) is 0 Å². The average molecular weight is 461 g/mol. The molecule has 0 bridgehead atoms. The number of benzene rings is 1. The van der Waals surface area contributed by atoms with E-state index < -0.39 is 15.8 Å². The summed E-state index contributed by atoms with van der Waals surface area (Å²) in [7, 11) is -0.573. The summed E-state index contributed by atoms with van der Waals surface area (Å²) in [6, 6.07) is 6.37. The van der Waals surface area contributed by atoms with Crippen LogP contribution in [0.1, 0.15) is 24.7 Å². The summed E-state index contributed by atoms with van der Waals surface area (Å²) in [6.45, 7) is 3.20. The van der Waals surface area contributed by atoms with Crippen molar-refractivity contribution in [3.8, 4) is 11.4 Å². The molecular weight excluding hydrogens is 435 g/mol. The van der Waals surface area contributed by atoms with Crippen LogP contribution in [0.2, 0.25) is 0 Å². The van der Waals surface area contributed by atoms with Crippen LogP contribution in [-0.2, 0) is 14.8 Å². The fourth-order valence-electron chi connectivity index (χ4n) is 3.69. The Bertz CT molecular complexity index is 1200. The third kappa shape index (κ3) is 4.36. The quantitative estimate of drug-likeness (QED) is 0.603. The number of hydrogen-bond donors (Lipinski definition) is 1. The second-order valence-electron chi connectivity index (χ2n) is 7.73. The Hall–Kier alpha value is -2.89. The minimum Gasteiger partial charge on any atom is -0.381 e. The molecule has 0 aliphatic carbocycles. The fraction of sp³-hybridized carbons (Fsp3) is 0.381. The van der Waals surface area contributed by atoms with E-state index >= 15 is 0 Å². The predicted octanol–water partition coefficient (Wildman–Crippen LogP) is 3.13. The van der Waals surface area contributed by atoms with Crippen molar-refractivity contribution in [1.82, 2.24) is 23.8 Å². The molecule has 1 saturated heterocycles. The van der Waals surface area contributed by atoms with Gasteiger partial charge in [-0.2, -0.15) is 0 Å². The van der Waals surface area contributed by atoms with Gasteiger partial charge in [-0.1, -0.05) is 0 Å². The van der Waals surface area contributed by atoms with Crippen molar-refractivity contribution in [1.29, 1.82) is 0 Å². The molecule has 3 aromatic rings. The summed E-state index contributed by atoms with van der Waals surface area (Å²) in [5.41, 5.74) is 1.32. The van der Waals surface area contributed by atoms with Crippen LogP contribution in [0, 0.1) is 12.7 Å². The first kappa shape index (κ1) is 22.3. The number of nitrogens with zero attached hydrogens (tertiary/aromatic N) is 5. The van der Waals surface area contributed by atoms with E-state index in [9.17, 15) is 12.8 Å². The largest absolute Gasteiger partial charge is 0.381 e. The Morgan fingerprint density at radius 3 is 2.47 bits per heavy atom. The van der Waals surface area contributed by atoms with Crippen molar-refractivity contribution in [2.75, 3.05) is 32.6 Å². The molecule has 9 nitrogen and oxygen atoms in total. The molecule has 0 saturated carbocycles. The van der Waals surface area contributed by atoms with Gasteiger partial charge in [0.05, 0.1) is 23.0 Å². The van der Waals surface area contributed by atoms with E-state index in [1.54, 1.807) is 18.3 Å². The molecule has 1 aliphatic rings. The number of anilines is 2. The average Bonchev–Trinajstić information content (AvgIpc) is 3.17. The molecule has 170 valence electrons. The molecule has 3 heterocycles. The monoisotopic (exact) mass is 460 g/mol. The molecule has 1 fully saturated rings. The van der Waals surface area contributed by atoms with Gasteiger partial charge < -0.3 is 14.6 Å². The number of halogens is 1. The number of aromatic nitrogens is 4. The first-order valence-electron chi connectivity index (χ1n) is 10.2. The van der Waals surface area contributed by atoms with Crippen molar-refractivity contribution >= 4 is 21.7 Å². The Morgan fingerprint density at radius 2 is 1.81 bits per heavy atom. The van der Waals surface area contributed by atoms with E-state index in [4.69, 9.17) is 4.74 Å².